The topological polar surface area (TPSA) is 69.0 Å². The average molecular weight is 382 g/mol. The standard InChI is InChI=1S/C20H22N4O2S/c1-3-24-19(16-7-5-4-6-8-16)22-23-20(24)27-14-18(25)21-13-15-9-11-17(26-2)12-10-15/h4-12H,3,13-14H2,1-2H3,(H,21,25). The molecular formula is C20H22N4O2S. The second-order valence-electron chi connectivity index (χ2n) is 5.83. The molecule has 0 aliphatic rings. The number of hydrogen-bond acceptors (Lipinski definition) is 5. The Balaban J connectivity index is 1.56. The summed E-state index contributed by atoms with van der Waals surface area (Å²) in [6, 6.07) is 17.6. The quantitative estimate of drug-likeness (QED) is 0.605. The van der Waals surface area contributed by atoms with Gasteiger partial charge in [0.15, 0.2) is 11.0 Å². The maximum Gasteiger partial charge on any atom is 0.230 e. The van der Waals surface area contributed by atoms with Gasteiger partial charge in [-0.15, -0.1) is 10.2 Å². The molecule has 3 rings (SSSR count). The second kappa shape index (κ2) is 9.23. The van der Waals surface area contributed by atoms with Gasteiger partial charge in [0, 0.05) is 18.7 Å². The number of methoxy groups -OCH3 is 1. The van der Waals surface area contributed by atoms with Crippen molar-refractivity contribution in [3.05, 3.63) is 60.2 Å². The number of nitrogens with zero attached hydrogens (tertiary/aromatic N) is 3. The number of benzene rings is 2. The molecule has 7 heteroatoms. The van der Waals surface area contributed by atoms with Crippen molar-refractivity contribution >= 4 is 17.7 Å². The molecule has 0 radical (unpaired) electrons. The molecule has 6 nitrogen and oxygen atoms in total. The van der Waals surface area contributed by atoms with Crippen LogP contribution in [-0.4, -0.2) is 33.5 Å². The minimum Gasteiger partial charge on any atom is -0.497 e. The Morgan fingerprint density at radius 2 is 1.85 bits per heavy atom. The number of thioether (sulfide) groups is 1. The van der Waals surface area contributed by atoms with Crippen molar-refractivity contribution in [1.82, 2.24) is 20.1 Å². The summed E-state index contributed by atoms with van der Waals surface area (Å²) in [6.07, 6.45) is 0. The maximum absolute atomic E-state index is 12.2. The number of ether oxygens (including phenoxy) is 1. The summed E-state index contributed by atoms with van der Waals surface area (Å²) in [7, 11) is 1.63. The van der Waals surface area contributed by atoms with E-state index in [1.54, 1.807) is 7.11 Å². The van der Waals surface area contributed by atoms with Crippen molar-refractivity contribution < 1.29 is 9.53 Å². The minimum absolute atomic E-state index is 0.0391. The summed E-state index contributed by atoms with van der Waals surface area (Å²) in [6.45, 7) is 3.27. The van der Waals surface area contributed by atoms with Gasteiger partial charge in [-0.25, -0.2) is 0 Å². The van der Waals surface area contributed by atoms with Crippen LogP contribution in [0.4, 0.5) is 0 Å². The summed E-state index contributed by atoms with van der Waals surface area (Å²) >= 11 is 1.39. The molecule has 0 spiro atoms. The third kappa shape index (κ3) is 4.89. The van der Waals surface area contributed by atoms with E-state index in [2.05, 4.69) is 15.5 Å². The summed E-state index contributed by atoms with van der Waals surface area (Å²) < 4.78 is 7.16. The predicted octanol–water partition coefficient (Wildman–Crippen LogP) is 3.38. The fourth-order valence-electron chi connectivity index (χ4n) is 2.61. The van der Waals surface area contributed by atoms with Gasteiger partial charge >= 0.3 is 0 Å². The number of rotatable bonds is 8. The van der Waals surface area contributed by atoms with Crippen LogP contribution in [0.15, 0.2) is 59.8 Å². The van der Waals surface area contributed by atoms with Crippen LogP contribution in [0.1, 0.15) is 12.5 Å². The summed E-state index contributed by atoms with van der Waals surface area (Å²) in [5, 5.41) is 12.2. The van der Waals surface area contributed by atoms with Crippen molar-refractivity contribution in [2.75, 3.05) is 12.9 Å². The van der Waals surface area contributed by atoms with Gasteiger partial charge in [-0.3, -0.25) is 4.79 Å². The molecular weight excluding hydrogens is 360 g/mol. The smallest absolute Gasteiger partial charge is 0.230 e. The number of aromatic nitrogens is 3. The zero-order valence-corrected chi connectivity index (χ0v) is 16.2. The van der Waals surface area contributed by atoms with Crippen LogP contribution >= 0.6 is 11.8 Å². The fourth-order valence-corrected chi connectivity index (χ4v) is 3.44. The van der Waals surface area contributed by atoms with Crippen molar-refractivity contribution in [2.45, 2.75) is 25.2 Å². The highest BCUT2D eigenvalue weighted by molar-refractivity contribution is 7.99. The Hall–Kier alpha value is -2.80. The van der Waals surface area contributed by atoms with E-state index in [0.717, 1.165) is 34.4 Å². The largest absolute Gasteiger partial charge is 0.497 e. The van der Waals surface area contributed by atoms with Crippen LogP contribution in [0.2, 0.25) is 0 Å². The molecule has 1 N–H and O–H groups in total. The van der Waals surface area contributed by atoms with Crippen molar-refractivity contribution in [2.24, 2.45) is 0 Å². The van der Waals surface area contributed by atoms with Gasteiger partial charge in [0.2, 0.25) is 5.91 Å². The lowest BCUT2D eigenvalue weighted by Crippen LogP contribution is -2.24. The van der Waals surface area contributed by atoms with E-state index in [-0.39, 0.29) is 5.91 Å². The molecule has 0 aliphatic heterocycles. The normalized spacial score (nSPS) is 10.6. The molecule has 1 aromatic heterocycles. The summed E-state index contributed by atoms with van der Waals surface area (Å²) in [5.74, 6) is 1.87. The zero-order chi connectivity index (χ0) is 19.1. The SMILES string of the molecule is CCn1c(SCC(=O)NCc2ccc(OC)cc2)nnc1-c1ccccc1. The Labute approximate surface area is 163 Å². The minimum atomic E-state index is -0.0391. The first-order valence-electron chi connectivity index (χ1n) is 8.72. The van der Waals surface area contributed by atoms with Crippen molar-refractivity contribution in [1.29, 1.82) is 0 Å². The molecule has 1 heterocycles. The van der Waals surface area contributed by atoms with Gasteiger partial charge in [-0.2, -0.15) is 0 Å². The van der Waals surface area contributed by atoms with E-state index in [1.807, 2.05) is 66.1 Å². The highest BCUT2D eigenvalue weighted by Gasteiger charge is 2.14. The van der Waals surface area contributed by atoms with Crippen LogP contribution in [0.3, 0.4) is 0 Å². The number of carbonyl (C=O) groups excluding carboxylic acids is 1. The lowest BCUT2D eigenvalue weighted by Gasteiger charge is -2.08. The Bertz CT molecular complexity index is 879. The molecule has 0 atom stereocenters. The van der Waals surface area contributed by atoms with Crippen LogP contribution in [0.25, 0.3) is 11.4 Å². The van der Waals surface area contributed by atoms with E-state index >= 15 is 0 Å². The van der Waals surface area contributed by atoms with E-state index in [4.69, 9.17) is 4.74 Å². The van der Waals surface area contributed by atoms with E-state index in [9.17, 15) is 4.79 Å². The first kappa shape index (κ1) is 19.0. The summed E-state index contributed by atoms with van der Waals surface area (Å²) in [4.78, 5) is 12.2. The van der Waals surface area contributed by atoms with Crippen molar-refractivity contribution in [3.63, 3.8) is 0 Å². The van der Waals surface area contributed by atoms with E-state index in [1.165, 1.54) is 11.8 Å². The molecule has 0 saturated carbocycles. The van der Waals surface area contributed by atoms with E-state index in [0.29, 0.717) is 12.3 Å². The Morgan fingerprint density at radius 3 is 2.52 bits per heavy atom. The van der Waals surface area contributed by atoms with Gasteiger partial charge in [0.1, 0.15) is 5.75 Å². The fraction of sp³-hybridized carbons (Fsp3) is 0.250. The third-order valence-corrected chi connectivity index (χ3v) is 5.01. The third-order valence-electron chi connectivity index (χ3n) is 4.05. The predicted molar refractivity (Wildman–Crippen MR) is 107 cm³/mol. The van der Waals surface area contributed by atoms with E-state index < -0.39 is 0 Å². The number of hydrogen-bond donors (Lipinski definition) is 1. The lowest BCUT2D eigenvalue weighted by molar-refractivity contribution is -0.118. The number of carbonyl (C=O) groups is 1. The monoisotopic (exact) mass is 382 g/mol. The van der Waals surface area contributed by atoms with Gasteiger partial charge in [0.05, 0.1) is 12.9 Å². The van der Waals surface area contributed by atoms with Crippen molar-refractivity contribution in [3.8, 4) is 17.1 Å². The second-order valence-corrected chi connectivity index (χ2v) is 6.77. The molecule has 1 amide bonds. The van der Waals surface area contributed by atoms with Gasteiger partial charge in [-0.1, -0.05) is 54.2 Å². The van der Waals surface area contributed by atoms with Gasteiger partial charge in [-0.05, 0) is 24.6 Å². The molecule has 3 aromatic rings. The molecule has 0 saturated heterocycles. The Morgan fingerprint density at radius 1 is 1.11 bits per heavy atom. The summed E-state index contributed by atoms with van der Waals surface area (Å²) in [5.41, 5.74) is 2.04. The molecule has 2 aromatic carbocycles. The number of amides is 1. The first-order valence-corrected chi connectivity index (χ1v) is 9.71. The highest BCUT2D eigenvalue weighted by Crippen LogP contribution is 2.23. The lowest BCUT2D eigenvalue weighted by atomic mass is 10.2. The highest BCUT2D eigenvalue weighted by atomic mass is 32.2. The first-order chi connectivity index (χ1) is 13.2. The van der Waals surface area contributed by atoms with Crippen LogP contribution in [0.5, 0.6) is 5.75 Å². The van der Waals surface area contributed by atoms with Crippen LogP contribution < -0.4 is 10.1 Å². The Kier molecular flexibility index (Phi) is 6.49. The molecule has 27 heavy (non-hydrogen) atoms. The maximum atomic E-state index is 12.2. The molecule has 0 fully saturated rings. The van der Waals surface area contributed by atoms with Gasteiger partial charge in [0.25, 0.3) is 0 Å². The molecule has 0 bridgehead atoms. The van der Waals surface area contributed by atoms with Crippen LogP contribution in [-0.2, 0) is 17.9 Å². The molecule has 140 valence electrons. The molecule has 0 aliphatic carbocycles. The average Bonchev–Trinajstić information content (AvgIpc) is 3.14. The number of nitrogens with one attached hydrogen (secondary N) is 1. The van der Waals surface area contributed by atoms with Gasteiger partial charge < -0.3 is 14.6 Å². The molecule has 0 unspecified atom stereocenters. The van der Waals surface area contributed by atoms with Crippen LogP contribution in [0, 0.1) is 0 Å². The zero-order valence-electron chi connectivity index (χ0n) is 15.4.